The van der Waals surface area contributed by atoms with Crippen molar-refractivity contribution in [1.29, 1.82) is 0 Å². The van der Waals surface area contributed by atoms with Crippen molar-refractivity contribution in [2.45, 2.75) is 26.3 Å². The maximum Gasteiger partial charge on any atom is 0.188 e. The number of halogens is 1. The molecule has 0 fully saturated rings. The van der Waals surface area contributed by atoms with Crippen molar-refractivity contribution in [3.63, 3.8) is 0 Å². The highest BCUT2D eigenvalue weighted by Crippen LogP contribution is 2.10. The molecule has 0 saturated heterocycles. The van der Waals surface area contributed by atoms with E-state index in [0.717, 1.165) is 23.3 Å². The number of guanidine groups is 1. The van der Waals surface area contributed by atoms with Crippen LogP contribution >= 0.6 is 24.0 Å². The Bertz CT molecular complexity index is 514. The number of hydrogen-bond acceptors (Lipinski definition) is 2. The van der Waals surface area contributed by atoms with Crippen molar-refractivity contribution in [2.24, 2.45) is 10.7 Å². The second-order valence-corrected chi connectivity index (χ2v) is 4.52. The van der Waals surface area contributed by atoms with Gasteiger partial charge in [-0.3, -0.25) is 4.99 Å². The molecule has 2 aromatic rings. The Balaban J connectivity index is 0.00000180. The molecule has 5 nitrogen and oxygen atoms in total. The van der Waals surface area contributed by atoms with Gasteiger partial charge in [0.05, 0.1) is 11.0 Å². The number of para-hydroxylation sites is 2. The summed E-state index contributed by atoms with van der Waals surface area (Å²) in [5, 5.41) is 3.05. The zero-order valence-corrected chi connectivity index (χ0v) is 13.5. The average molecular weight is 373 g/mol. The van der Waals surface area contributed by atoms with E-state index in [1.807, 2.05) is 38.1 Å². The number of rotatable bonds is 4. The Labute approximate surface area is 130 Å². The molecule has 1 aromatic carbocycles. The second kappa shape index (κ2) is 7.32. The normalized spacial score (nSPS) is 11.6. The van der Waals surface area contributed by atoms with Crippen LogP contribution in [0.2, 0.25) is 0 Å². The van der Waals surface area contributed by atoms with Crippen LogP contribution in [0.15, 0.2) is 29.3 Å². The second-order valence-electron chi connectivity index (χ2n) is 4.52. The van der Waals surface area contributed by atoms with Gasteiger partial charge in [-0.25, -0.2) is 4.98 Å². The van der Waals surface area contributed by atoms with Crippen LogP contribution in [0.3, 0.4) is 0 Å². The molecule has 0 atom stereocenters. The number of fused-ring (bicyclic) bond motifs is 1. The number of nitrogens with one attached hydrogen (secondary N) is 2. The molecule has 0 aliphatic carbocycles. The number of benzene rings is 1. The Morgan fingerprint density at radius 1 is 1.42 bits per heavy atom. The molecular formula is C13H20IN5. The first-order valence-corrected chi connectivity index (χ1v) is 6.15. The van der Waals surface area contributed by atoms with Gasteiger partial charge in [0.15, 0.2) is 5.96 Å². The predicted octanol–water partition coefficient (Wildman–Crippen LogP) is 2.04. The molecule has 0 bridgehead atoms. The fourth-order valence-corrected chi connectivity index (χ4v) is 1.75. The number of imidazole rings is 1. The van der Waals surface area contributed by atoms with Gasteiger partial charge in [-0.05, 0) is 26.0 Å². The molecule has 0 radical (unpaired) electrons. The molecule has 6 heteroatoms. The van der Waals surface area contributed by atoms with Crippen LogP contribution in [0.4, 0.5) is 0 Å². The molecule has 0 unspecified atom stereocenters. The number of aromatic nitrogens is 2. The number of hydrogen-bond donors (Lipinski definition) is 3. The summed E-state index contributed by atoms with van der Waals surface area (Å²) in [4.78, 5) is 12.0. The number of nitrogens with two attached hydrogens (primary N) is 1. The number of aromatic amines is 1. The van der Waals surface area contributed by atoms with Gasteiger partial charge in [0.1, 0.15) is 5.82 Å². The summed E-state index contributed by atoms with van der Waals surface area (Å²) in [7, 11) is 0. The van der Waals surface area contributed by atoms with Gasteiger partial charge in [-0.15, -0.1) is 24.0 Å². The van der Waals surface area contributed by atoms with E-state index in [1.165, 1.54) is 0 Å². The third kappa shape index (κ3) is 4.70. The predicted molar refractivity (Wildman–Crippen MR) is 90.0 cm³/mol. The van der Waals surface area contributed by atoms with Crippen LogP contribution in [0.25, 0.3) is 11.0 Å². The summed E-state index contributed by atoms with van der Waals surface area (Å²) in [5.74, 6) is 1.43. The maximum absolute atomic E-state index is 5.72. The van der Waals surface area contributed by atoms with Crippen molar-refractivity contribution in [3.8, 4) is 0 Å². The van der Waals surface area contributed by atoms with Crippen LogP contribution in [0.1, 0.15) is 19.7 Å². The highest BCUT2D eigenvalue weighted by molar-refractivity contribution is 14.0. The van der Waals surface area contributed by atoms with E-state index < -0.39 is 0 Å². The molecule has 4 N–H and O–H groups in total. The fourth-order valence-electron chi connectivity index (χ4n) is 1.75. The van der Waals surface area contributed by atoms with Gasteiger partial charge >= 0.3 is 0 Å². The Hall–Kier alpha value is -1.31. The number of aliphatic imine (C=N–C) groups is 1. The minimum Gasteiger partial charge on any atom is -0.370 e. The molecule has 1 aromatic heterocycles. The zero-order chi connectivity index (χ0) is 13.0. The molecule has 0 saturated carbocycles. The van der Waals surface area contributed by atoms with Crippen molar-refractivity contribution in [1.82, 2.24) is 15.3 Å². The maximum atomic E-state index is 5.72. The molecule has 0 spiro atoms. The van der Waals surface area contributed by atoms with Crippen molar-refractivity contribution in [2.75, 3.05) is 6.54 Å². The van der Waals surface area contributed by atoms with E-state index in [9.17, 15) is 0 Å². The highest BCUT2D eigenvalue weighted by atomic mass is 127. The third-order valence-electron chi connectivity index (χ3n) is 2.51. The summed E-state index contributed by atoms with van der Waals surface area (Å²) in [6.07, 6.45) is 0.759. The number of H-pyrrole nitrogens is 1. The van der Waals surface area contributed by atoms with Crippen LogP contribution < -0.4 is 11.1 Å². The lowest BCUT2D eigenvalue weighted by Gasteiger charge is -2.07. The van der Waals surface area contributed by atoms with E-state index >= 15 is 0 Å². The zero-order valence-electron chi connectivity index (χ0n) is 11.2. The topological polar surface area (TPSA) is 79.1 Å². The molecule has 19 heavy (non-hydrogen) atoms. The first-order chi connectivity index (χ1) is 8.65. The largest absolute Gasteiger partial charge is 0.370 e. The summed E-state index contributed by atoms with van der Waals surface area (Å²) in [6.45, 7) is 4.69. The van der Waals surface area contributed by atoms with Crippen LogP contribution in [0.5, 0.6) is 0 Å². The molecule has 0 aliphatic rings. The molecule has 0 amide bonds. The van der Waals surface area contributed by atoms with Gasteiger partial charge in [0.25, 0.3) is 0 Å². The first-order valence-electron chi connectivity index (χ1n) is 6.15. The molecular weight excluding hydrogens is 353 g/mol. The van der Waals surface area contributed by atoms with Crippen LogP contribution in [-0.4, -0.2) is 28.5 Å². The van der Waals surface area contributed by atoms with E-state index in [1.54, 1.807) is 0 Å². The molecule has 0 aliphatic heterocycles. The SMILES string of the molecule is CC(C)NC(N)=NCCc1nc2ccccc2[nH]1.I. The van der Waals surface area contributed by atoms with E-state index in [0.29, 0.717) is 18.5 Å². The highest BCUT2D eigenvalue weighted by Gasteiger charge is 2.01. The smallest absolute Gasteiger partial charge is 0.188 e. The van der Waals surface area contributed by atoms with Crippen LogP contribution in [0, 0.1) is 0 Å². The van der Waals surface area contributed by atoms with Crippen molar-refractivity contribution >= 4 is 41.0 Å². The Kier molecular flexibility index (Phi) is 6.07. The average Bonchev–Trinajstić information content (AvgIpc) is 2.70. The lowest BCUT2D eigenvalue weighted by molar-refractivity contribution is 0.722. The van der Waals surface area contributed by atoms with E-state index in [4.69, 9.17) is 5.73 Å². The van der Waals surface area contributed by atoms with Crippen LogP contribution in [-0.2, 0) is 6.42 Å². The molecule has 104 valence electrons. The van der Waals surface area contributed by atoms with Gasteiger partial charge in [-0.1, -0.05) is 12.1 Å². The lowest BCUT2D eigenvalue weighted by Crippen LogP contribution is -2.36. The summed E-state index contributed by atoms with van der Waals surface area (Å²) >= 11 is 0. The lowest BCUT2D eigenvalue weighted by atomic mass is 10.3. The van der Waals surface area contributed by atoms with E-state index in [2.05, 4.69) is 20.3 Å². The van der Waals surface area contributed by atoms with Gasteiger partial charge in [0.2, 0.25) is 0 Å². The summed E-state index contributed by atoms with van der Waals surface area (Å²) in [6, 6.07) is 8.29. The monoisotopic (exact) mass is 373 g/mol. The summed E-state index contributed by atoms with van der Waals surface area (Å²) in [5.41, 5.74) is 7.77. The quantitative estimate of drug-likeness (QED) is 0.436. The Morgan fingerprint density at radius 2 is 2.16 bits per heavy atom. The summed E-state index contributed by atoms with van der Waals surface area (Å²) < 4.78 is 0. The minimum atomic E-state index is 0. The third-order valence-corrected chi connectivity index (χ3v) is 2.51. The molecule has 1 heterocycles. The Morgan fingerprint density at radius 3 is 2.84 bits per heavy atom. The van der Waals surface area contributed by atoms with Crippen molar-refractivity contribution in [3.05, 3.63) is 30.1 Å². The molecule has 2 rings (SSSR count). The van der Waals surface area contributed by atoms with Crippen molar-refractivity contribution < 1.29 is 0 Å². The van der Waals surface area contributed by atoms with Gasteiger partial charge in [0, 0.05) is 19.0 Å². The standard InChI is InChI=1S/C13H19N5.HI/c1-9(2)16-13(14)15-8-7-12-17-10-5-3-4-6-11(10)18-12;/h3-6,9H,7-8H2,1-2H3,(H,17,18)(H3,14,15,16);1H. The van der Waals surface area contributed by atoms with Gasteiger partial charge < -0.3 is 16.0 Å². The van der Waals surface area contributed by atoms with Gasteiger partial charge in [-0.2, -0.15) is 0 Å². The minimum absolute atomic E-state index is 0. The fraction of sp³-hybridized carbons (Fsp3) is 0.385. The number of nitrogens with zero attached hydrogens (tertiary/aromatic N) is 2. The van der Waals surface area contributed by atoms with E-state index in [-0.39, 0.29) is 24.0 Å². The first kappa shape index (κ1) is 15.7.